The lowest BCUT2D eigenvalue weighted by molar-refractivity contribution is 0.357. The number of hydrogen-bond donors (Lipinski definition) is 1. The Balaban J connectivity index is 1.97. The molecular weight excluding hydrogens is 226 g/mol. The van der Waals surface area contributed by atoms with Crippen LogP contribution in [0.25, 0.3) is 0 Å². The third-order valence-corrected chi connectivity index (χ3v) is 3.31. The summed E-state index contributed by atoms with van der Waals surface area (Å²) in [6, 6.07) is 8.20. The molecule has 1 aromatic carbocycles. The molecule has 92 valence electrons. The van der Waals surface area contributed by atoms with Crippen LogP contribution in [0.4, 0.5) is 0 Å². The van der Waals surface area contributed by atoms with Crippen LogP contribution in [0, 0.1) is 0 Å². The Kier molecular flexibility index (Phi) is 2.94. The molecular formula is C14H15N3O. The van der Waals surface area contributed by atoms with Crippen LogP contribution in [0.5, 0.6) is 5.75 Å². The molecule has 1 aromatic heterocycles. The molecule has 4 nitrogen and oxygen atoms in total. The molecule has 18 heavy (non-hydrogen) atoms. The van der Waals surface area contributed by atoms with E-state index in [1.165, 1.54) is 11.1 Å². The van der Waals surface area contributed by atoms with Gasteiger partial charge in [-0.05, 0) is 23.3 Å². The number of hydrogen-bond acceptors (Lipinski definition) is 4. The van der Waals surface area contributed by atoms with E-state index in [2.05, 4.69) is 22.1 Å². The van der Waals surface area contributed by atoms with Crippen LogP contribution in [-0.2, 0) is 6.42 Å². The molecule has 2 heterocycles. The van der Waals surface area contributed by atoms with Crippen molar-refractivity contribution in [2.24, 2.45) is 5.73 Å². The molecule has 1 atom stereocenters. The number of benzene rings is 1. The Morgan fingerprint density at radius 2 is 2.28 bits per heavy atom. The van der Waals surface area contributed by atoms with Crippen LogP contribution in [-0.4, -0.2) is 23.1 Å². The van der Waals surface area contributed by atoms with Gasteiger partial charge in [-0.3, -0.25) is 0 Å². The quantitative estimate of drug-likeness (QED) is 0.884. The molecule has 3 rings (SSSR count). The van der Waals surface area contributed by atoms with E-state index in [1.54, 1.807) is 12.5 Å². The van der Waals surface area contributed by atoms with Crippen molar-refractivity contribution in [3.63, 3.8) is 0 Å². The highest BCUT2D eigenvalue weighted by molar-refractivity contribution is 5.42. The molecule has 0 spiro atoms. The molecule has 0 amide bonds. The summed E-state index contributed by atoms with van der Waals surface area (Å²) in [5, 5.41) is 0. The molecule has 1 unspecified atom stereocenters. The summed E-state index contributed by atoms with van der Waals surface area (Å²) in [5.41, 5.74) is 9.31. The van der Waals surface area contributed by atoms with Crippen molar-refractivity contribution in [3.05, 3.63) is 53.6 Å². The maximum atomic E-state index is 5.89. The first-order chi connectivity index (χ1) is 8.88. The van der Waals surface area contributed by atoms with Crippen molar-refractivity contribution in [2.45, 2.75) is 12.3 Å². The zero-order valence-electron chi connectivity index (χ0n) is 10.0. The lowest BCUT2D eigenvalue weighted by Crippen LogP contribution is -2.15. The average molecular weight is 241 g/mol. The molecule has 4 heteroatoms. The van der Waals surface area contributed by atoms with Crippen LogP contribution in [0.2, 0.25) is 0 Å². The first-order valence-electron chi connectivity index (χ1n) is 6.10. The predicted octanol–water partition coefficient (Wildman–Crippen LogP) is 1.50. The topological polar surface area (TPSA) is 61.0 Å². The van der Waals surface area contributed by atoms with Gasteiger partial charge in [0.1, 0.15) is 12.1 Å². The molecule has 0 aliphatic carbocycles. The minimum Gasteiger partial charge on any atom is -0.493 e. The van der Waals surface area contributed by atoms with Crippen molar-refractivity contribution >= 4 is 0 Å². The van der Waals surface area contributed by atoms with E-state index in [0.717, 1.165) is 24.5 Å². The number of ether oxygens (including phenoxy) is 1. The molecule has 1 aliphatic rings. The number of nitrogens with zero attached hydrogens (tertiary/aromatic N) is 2. The van der Waals surface area contributed by atoms with Crippen molar-refractivity contribution < 1.29 is 4.74 Å². The van der Waals surface area contributed by atoms with E-state index >= 15 is 0 Å². The highest BCUT2D eigenvalue weighted by Crippen LogP contribution is 2.30. The highest BCUT2D eigenvalue weighted by Gasteiger charge is 2.18. The summed E-state index contributed by atoms with van der Waals surface area (Å²) < 4.78 is 5.52. The molecule has 0 fully saturated rings. The summed E-state index contributed by atoms with van der Waals surface area (Å²) in [6.45, 7) is 1.32. The molecule has 0 radical (unpaired) electrons. The molecule has 2 aromatic rings. The van der Waals surface area contributed by atoms with Crippen molar-refractivity contribution in [2.75, 3.05) is 13.2 Å². The van der Waals surface area contributed by atoms with Crippen LogP contribution in [0.15, 0.2) is 36.8 Å². The first kappa shape index (κ1) is 11.2. The van der Waals surface area contributed by atoms with E-state index in [-0.39, 0.29) is 5.92 Å². The fraction of sp³-hybridized carbons (Fsp3) is 0.286. The highest BCUT2D eigenvalue weighted by atomic mass is 16.5. The lowest BCUT2D eigenvalue weighted by atomic mass is 9.93. The van der Waals surface area contributed by atoms with Gasteiger partial charge in [0.2, 0.25) is 0 Å². The third-order valence-electron chi connectivity index (χ3n) is 3.31. The second kappa shape index (κ2) is 4.74. The maximum absolute atomic E-state index is 5.89. The van der Waals surface area contributed by atoms with Gasteiger partial charge in [-0.1, -0.05) is 12.1 Å². The fourth-order valence-electron chi connectivity index (χ4n) is 2.36. The number of rotatable bonds is 3. The Morgan fingerprint density at radius 1 is 1.33 bits per heavy atom. The largest absolute Gasteiger partial charge is 0.493 e. The minimum atomic E-state index is 0.124. The predicted molar refractivity (Wildman–Crippen MR) is 68.6 cm³/mol. The molecule has 0 saturated heterocycles. The van der Waals surface area contributed by atoms with Crippen molar-refractivity contribution in [3.8, 4) is 5.75 Å². The summed E-state index contributed by atoms with van der Waals surface area (Å²) in [5.74, 6) is 1.12. The Bertz CT molecular complexity index is 542. The Morgan fingerprint density at radius 3 is 3.06 bits per heavy atom. The first-order valence-corrected chi connectivity index (χ1v) is 6.10. The SMILES string of the molecule is NCC(c1ccc2c(c1)CCO2)c1ccncn1. The normalized spacial score (nSPS) is 14.9. The fourth-order valence-corrected chi connectivity index (χ4v) is 2.36. The summed E-state index contributed by atoms with van der Waals surface area (Å²) >= 11 is 0. The van der Waals surface area contributed by atoms with Crippen LogP contribution >= 0.6 is 0 Å². The van der Waals surface area contributed by atoms with Gasteiger partial charge in [0, 0.05) is 25.1 Å². The summed E-state index contributed by atoms with van der Waals surface area (Å²) in [4.78, 5) is 8.24. The van der Waals surface area contributed by atoms with Crippen LogP contribution in [0.3, 0.4) is 0 Å². The second-order valence-corrected chi connectivity index (χ2v) is 4.39. The number of nitrogens with two attached hydrogens (primary N) is 1. The molecule has 0 bridgehead atoms. The number of aromatic nitrogens is 2. The van der Waals surface area contributed by atoms with Gasteiger partial charge in [0.15, 0.2) is 0 Å². The Labute approximate surface area is 106 Å². The number of fused-ring (bicyclic) bond motifs is 1. The van der Waals surface area contributed by atoms with E-state index < -0.39 is 0 Å². The monoisotopic (exact) mass is 241 g/mol. The molecule has 0 saturated carbocycles. The van der Waals surface area contributed by atoms with Gasteiger partial charge in [0.25, 0.3) is 0 Å². The van der Waals surface area contributed by atoms with Crippen molar-refractivity contribution in [1.29, 1.82) is 0 Å². The zero-order chi connectivity index (χ0) is 12.4. The minimum absolute atomic E-state index is 0.124. The maximum Gasteiger partial charge on any atom is 0.122 e. The lowest BCUT2D eigenvalue weighted by Gasteiger charge is -2.15. The van der Waals surface area contributed by atoms with E-state index in [1.807, 2.05) is 12.1 Å². The zero-order valence-corrected chi connectivity index (χ0v) is 10.0. The van der Waals surface area contributed by atoms with E-state index in [4.69, 9.17) is 10.5 Å². The van der Waals surface area contributed by atoms with Crippen LogP contribution < -0.4 is 10.5 Å². The van der Waals surface area contributed by atoms with Crippen molar-refractivity contribution in [1.82, 2.24) is 9.97 Å². The summed E-state index contributed by atoms with van der Waals surface area (Å²) in [7, 11) is 0. The second-order valence-electron chi connectivity index (χ2n) is 4.39. The summed E-state index contributed by atoms with van der Waals surface area (Å²) in [6.07, 6.45) is 4.29. The van der Waals surface area contributed by atoms with Gasteiger partial charge < -0.3 is 10.5 Å². The van der Waals surface area contributed by atoms with Crippen LogP contribution in [0.1, 0.15) is 22.7 Å². The smallest absolute Gasteiger partial charge is 0.122 e. The van der Waals surface area contributed by atoms with Gasteiger partial charge in [-0.2, -0.15) is 0 Å². The standard InChI is InChI=1S/C14H15N3O/c15-8-12(13-3-5-16-9-17-13)10-1-2-14-11(7-10)4-6-18-14/h1-3,5,7,9,12H,4,6,8,15H2. The van der Waals surface area contributed by atoms with Gasteiger partial charge in [-0.25, -0.2) is 9.97 Å². The average Bonchev–Trinajstić information content (AvgIpc) is 2.88. The Hall–Kier alpha value is -1.94. The molecule has 2 N–H and O–H groups in total. The van der Waals surface area contributed by atoms with E-state index in [9.17, 15) is 0 Å². The van der Waals surface area contributed by atoms with E-state index in [0.29, 0.717) is 6.54 Å². The third kappa shape index (κ3) is 1.95. The molecule has 1 aliphatic heterocycles. The van der Waals surface area contributed by atoms with Gasteiger partial charge in [-0.15, -0.1) is 0 Å². The van der Waals surface area contributed by atoms with Gasteiger partial charge >= 0.3 is 0 Å². The van der Waals surface area contributed by atoms with Gasteiger partial charge in [0.05, 0.1) is 12.3 Å².